The second-order valence-electron chi connectivity index (χ2n) is 4.10. The van der Waals surface area contributed by atoms with E-state index in [0.717, 1.165) is 11.1 Å². The minimum atomic E-state index is 0.0774. The minimum absolute atomic E-state index is 0.0774. The lowest BCUT2D eigenvalue weighted by atomic mass is 10.0. The van der Waals surface area contributed by atoms with Gasteiger partial charge in [-0.15, -0.1) is 0 Å². The van der Waals surface area contributed by atoms with Crippen molar-refractivity contribution >= 4 is 5.78 Å². The lowest BCUT2D eigenvalue weighted by Crippen LogP contribution is -2.05. The van der Waals surface area contributed by atoms with Crippen LogP contribution in [-0.4, -0.2) is 15.8 Å². The summed E-state index contributed by atoms with van der Waals surface area (Å²) in [6, 6.07) is 5.76. The van der Waals surface area contributed by atoms with Gasteiger partial charge in [-0.25, -0.2) is 0 Å². The van der Waals surface area contributed by atoms with Gasteiger partial charge in [0.15, 0.2) is 5.78 Å². The van der Waals surface area contributed by atoms with Crippen molar-refractivity contribution in [2.24, 2.45) is 0 Å². The molecule has 17 heavy (non-hydrogen) atoms. The monoisotopic (exact) mass is 226 g/mol. The van der Waals surface area contributed by atoms with Gasteiger partial charge >= 0.3 is 0 Å². The standard InChI is InChI=1S/C14H14N2O/c1-10-3-4-12(7-11(10)2)14(17)8-13-9-15-5-6-16-13/h3-7,9H,8H2,1-2H3. The Morgan fingerprint density at radius 2 is 2.00 bits per heavy atom. The van der Waals surface area contributed by atoms with E-state index in [4.69, 9.17) is 0 Å². The molecule has 1 heterocycles. The predicted octanol–water partition coefficient (Wildman–Crippen LogP) is 2.52. The Hall–Kier alpha value is -2.03. The fraction of sp³-hybridized carbons (Fsp3) is 0.214. The maximum absolute atomic E-state index is 12.0. The number of rotatable bonds is 3. The lowest BCUT2D eigenvalue weighted by Gasteiger charge is -2.04. The number of carbonyl (C=O) groups is 1. The Kier molecular flexibility index (Phi) is 3.28. The van der Waals surface area contributed by atoms with E-state index in [2.05, 4.69) is 9.97 Å². The topological polar surface area (TPSA) is 42.9 Å². The Morgan fingerprint density at radius 1 is 1.18 bits per heavy atom. The molecule has 2 rings (SSSR count). The first kappa shape index (κ1) is 11.5. The van der Waals surface area contributed by atoms with E-state index in [1.54, 1.807) is 18.6 Å². The van der Waals surface area contributed by atoms with Crippen LogP contribution in [0.2, 0.25) is 0 Å². The quantitative estimate of drug-likeness (QED) is 0.755. The molecule has 1 aromatic carbocycles. The van der Waals surface area contributed by atoms with Gasteiger partial charge < -0.3 is 0 Å². The van der Waals surface area contributed by atoms with Gasteiger partial charge in [-0.3, -0.25) is 14.8 Å². The summed E-state index contributed by atoms with van der Waals surface area (Å²) in [7, 11) is 0. The molecule has 0 atom stereocenters. The zero-order valence-electron chi connectivity index (χ0n) is 9.97. The van der Waals surface area contributed by atoms with Crippen LogP contribution < -0.4 is 0 Å². The van der Waals surface area contributed by atoms with Crippen LogP contribution >= 0.6 is 0 Å². The van der Waals surface area contributed by atoms with Crippen molar-refractivity contribution in [3.05, 3.63) is 59.2 Å². The van der Waals surface area contributed by atoms with Crippen LogP contribution in [0.4, 0.5) is 0 Å². The van der Waals surface area contributed by atoms with Crippen molar-refractivity contribution in [3.8, 4) is 0 Å². The number of ketones is 1. The molecule has 3 nitrogen and oxygen atoms in total. The fourth-order valence-corrected chi connectivity index (χ4v) is 1.60. The summed E-state index contributed by atoms with van der Waals surface area (Å²) in [5, 5.41) is 0. The van der Waals surface area contributed by atoms with Gasteiger partial charge in [0.1, 0.15) is 0 Å². The van der Waals surface area contributed by atoms with Crippen LogP contribution in [0.15, 0.2) is 36.8 Å². The van der Waals surface area contributed by atoms with Crippen LogP contribution in [0.5, 0.6) is 0 Å². The molecule has 3 heteroatoms. The van der Waals surface area contributed by atoms with Crippen LogP contribution in [-0.2, 0) is 6.42 Å². The summed E-state index contributed by atoms with van der Waals surface area (Å²) >= 11 is 0. The van der Waals surface area contributed by atoms with E-state index in [1.165, 1.54) is 5.56 Å². The summed E-state index contributed by atoms with van der Waals surface area (Å²) in [5.74, 6) is 0.0774. The highest BCUT2D eigenvalue weighted by Crippen LogP contribution is 2.11. The molecule has 0 N–H and O–H groups in total. The molecule has 0 aliphatic carbocycles. The molecule has 0 spiro atoms. The summed E-state index contributed by atoms with van der Waals surface area (Å²) in [5.41, 5.74) is 3.77. The number of nitrogens with zero attached hydrogens (tertiary/aromatic N) is 2. The Labute approximate surface area is 101 Å². The van der Waals surface area contributed by atoms with Gasteiger partial charge in [0, 0.05) is 24.2 Å². The molecule has 0 unspecified atom stereocenters. The zero-order valence-corrected chi connectivity index (χ0v) is 9.97. The number of carbonyl (C=O) groups excluding carboxylic acids is 1. The van der Waals surface area contributed by atoms with Gasteiger partial charge in [0.05, 0.1) is 12.1 Å². The predicted molar refractivity (Wildman–Crippen MR) is 66.0 cm³/mol. The van der Waals surface area contributed by atoms with Crippen LogP contribution in [0, 0.1) is 13.8 Å². The Balaban J connectivity index is 2.18. The van der Waals surface area contributed by atoms with E-state index in [0.29, 0.717) is 12.1 Å². The molecule has 0 saturated heterocycles. The van der Waals surface area contributed by atoms with Crippen LogP contribution in [0.25, 0.3) is 0 Å². The SMILES string of the molecule is Cc1ccc(C(=O)Cc2cnccn2)cc1C. The smallest absolute Gasteiger partial charge is 0.168 e. The average Bonchev–Trinajstić information content (AvgIpc) is 2.34. The van der Waals surface area contributed by atoms with E-state index in [-0.39, 0.29) is 5.78 Å². The number of Topliss-reactive ketones (excluding diaryl/α,β-unsaturated/α-hetero) is 1. The highest BCUT2D eigenvalue weighted by molar-refractivity contribution is 5.97. The zero-order chi connectivity index (χ0) is 12.3. The largest absolute Gasteiger partial charge is 0.294 e. The molecular formula is C14H14N2O. The normalized spacial score (nSPS) is 10.2. The number of aromatic nitrogens is 2. The molecule has 0 saturated carbocycles. The second-order valence-corrected chi connectivity index (χ2v) is 4.10. The molecule has 0 amide bonds. The van der Waals surface area contributed by atoms with Gasteiger partial charge in [-0.05, 0) is 31.0 Å². The van der Waals surface area contributed by atoms with Crippen molar-refractivity contribution in [2.75, 3.05) is 0 Å². The highest BCUT2D eigenvalue weighted by atomic mass is 16.1. The summed E-state index contributed by atoms with van der Waals surface area (Å²) in [4.78, 5) is 20.1. The van der Waals surface area contributed by atoms with Crippen molar-refractivity contribution in [1.82, 2.24) is 9.97 Å². The van der Waals surface area contributed by atoms with E-state index >= 15 is 0 Å². The first-order valence-electron chi connectivity index (χ1n) is 5.52. The van der Waals surface area contributed by atoms with E-state index < -0.39 is 0 Å². The van der Waals surface area contributed by atoms with Gasteiger partial charge in [0.2, 0.25) is 0 Å². The number of benzene rings is 1. The average molecular weight is 226 g/mol. The first-order chi connectivity index (χ1) is 8.16. The van der Waals surface area contributed by atoms with Crippen molar-refractivity contribution in [3.63, 3.8) is 0 Å². The summed E-state index contributed by atoms with van der Waals surface area (Å²) in [6.45, 7) is 4.04. The Morgan fingerprint density at radius 3 is 2.65 bits per heavy atom. The number of hydrogen-bond acceptors (Lipinski definition) is 3. The molecular weight excluding hydrogens is 212 g/mol. The third kappa shape index (κ3) is 2.75. The molecule has 2 aromatic rings. The third-order valence-corrected chi connectivity index (χ3v) is 2.79. The van der Waals surface area contributed by atoms with Gasteiger partial charge in [-0.1, -0.05) is 12.1 Å². The minimum Gasteiger partial charge on any atom is -0.294 e. The fourth-order valence-electron chi connectivity index (χ4n) is 1.60. The molecule has 0 aliphatic rings. The van der Waals surface area contributed by atoms with Crippen molar-refractivity contribution in [1.29, 1.82) is 0 Å². The van der Waals surface area contributed by atoms with Crippen molar-refractivity contribution < 1.29 is 4.79 Å². The highest BCUT2D eigenvalue weighted by Gasteiger charge is 2.08. The van der Waals surface area contributed by atoms with Gasteiger partial charge in [0.25, 0.3) is 0 Å². The first-order valence-corrected chi connectivity index (χ1v) is 5.52. The Bertz CT molecular complexity index is 535. The van der Waals surface area contributed by atoms with Gasteiger partial charge in [-0.2, -0.15) is 0 Å². The molecule has 0 fully saturated rings. The summed E-state index contributed by atoms with van der Waals surface area (Å²) < 4.78 is 0. The number of aryl methyl sites for hydroxylation is 2. The molecule has 1 aromatic heterocycles. The molecule has 0 aliphatic heterocycles. The van der Waals surface area contributed by atoms with Crippen LogP contribution in [0.3, 0.4) is 0 Å². The third-order valence-electron chi connectivity index (χ3n) is 2.79. The maximum atomic E-state index is 12.0. The van der Waals surface area contributed by atoms with E-state index in [9.17, 15) is 4.79 Å². The molecule has 0 bridgehead atoms. The number of hydrogen-bond donors (Lipinski definition) is 0. The van der Waals surface area contributed by atoms with E-state index in [1.807, 2.05) is 32.0 Å². The lowest BCUT2D eigenvalue weighted by molar-refractivity contribution is 0.0991. The maximum Gasteiger partial charge on any atom is 0.168 e. The molecule has 0 radical (unpaired) electrons. The molecule has 86 valence electrons. The van der Waals surface area contributed by atoms with Crippen molar-refractivity contribution in [2.45, 2.75) is 20.3 Å². The van der Waals surface area contributed by atoms with Crippen LogP contribution in [0.1, 0.15) is 27.2 Å². The second kappa shape index (κ2) is 4.87. The summed E-state index contributed by atoms with van der Waals surface area (Å²) in [6.07, 6.45) is 5.13.